The van der Waals surface area contributed by atoms with Crippen LogP contribution in [0.1, 0.15) is 16.1 Å². The number of carbonyl (C=O) groups excluding carboxylic acids is 1. The van der Waals surface area contributed by atoms with Gasteiger partial charge in [-0.2, -0.15) is 0 Å². The van der Waals surface area contributed by atoms with Crippen molar-refractivity contribution in [3.8, 4) is 0 Å². The molecule has 0 aliphatic heterocycles. The Balaban J connectivity index is 2.05. The van der Waals surface area contributed by atoms with Gasteiger partial charge in [-0.05, 0) is 12.1 Å². The van der Waals surface area contributed by atoms with Gasteiger partial charge in [0.1, 0.15) is 5.69 Å². The summed E-state index contributed by atoms with van der Waals surface area (Å²) in [5, 5.41) is 0. The molecule has 1 amide bonds. The van der Waals surface area contributed by atoms with Crippen molar-refractivity contribution >= 4 is 11.6 Å². The molecule has 84 valence electrons. The molecule has 0 saturated carbocycles. The number of nitrogens with two attached hydrogens (primary N) is 1. The molecule has 0 aliphatic rings. The van der Waals surface area contributed by atoms with E-state index in [1.165, 1.54) is 0 Å². The number of anilines is 1. The van der Waals surface area contributed by atoms with Gasteiger partial charge in [0, 0.05) is 31.0 Å². The first-order valence-electron chi connectivity index (χ1n) is 4.87. The summed E-state index contributed by atoms with van der Waals surface area (Å²) in [4.78, 5) is 16.3. The molecule has 0 bridgehead atoms. The van der Waals surface area contributed by atoms with Crippen molar-refractivity contribution < 1.29 is 9.21 Å². The third-order valence-corrected chi connectivity index (χ3v) is 2.28. The molecule has 0 fully saturated rings. The lowest BCUT2D eigenvalue weighted by Crippen LogP contribution is -2.26. The van der Waals surface area contributed by atoms with Crippen molar-refractivity contribution in [2.75, 3.05) is 12.8 Å². The van der Waals surface area contributed by atoms with Gasteiger partial charge in [0.05, 0.1) is 12.5 Å². The highest BCUT2D eigenvalue weighted by molar-refractivity contribution is 5.93. The van der Waals surface area contributed by atoms with E-state index < -0.39 is 0 Å². The Labute approximate surface area is 92.8 Å². The lowest BCUT2D eigenvalue weighted by atomic mass is 10.3. The van der Waals surface area contributed by atoms with Crippen molar-refractivity contribution in [3.63, 3.8) is 0 Å². The number of carbonyl (C=O) groups is 1. The summed E-state index contributed by atoms with van der Waals surface area (Å²) >= 11 is 0. The number of nitrogens with zero attached hydrogens (tertiary/aromatic N) is 1. The number of hydrogen-bond acceptors (Lipinski definition) is 3. The van der Waals surface area contributed by atoms with Gasteiger partial charge in [0.15, 0.2) is 0 Å². The smallest absolute Gasteiger partial charge is 0.270 e. The van der Waals surface area contributed by atoms with Gasteiger partial charge >= 0.3 is 0 Å². The maximum Gasteiger partial charge on any atom is 0.270 e. The zero-order chi connectivity index (χ0) is 11.5. The van der Waals surface area contributed by atoms with E-state index >= 15 is 0 Å². The average molecular weight is 219 g/mol. The highest BCUT2D eigenvalue weighted by Gasteiger charge is 2.13. The van der Waals surface area contributed by atoms with Crippen LogP contribution in [-0.4, -0.2) is 22.8 Å². The van der Waals surface area contributed by atoms with Crippen LogP contribution >= 0.6 is 0 Å². The fourth-order valence-electron chi connectivity index (χ4n) is 1.47. The predicted octanol–water partition coefficient (Wildman–Crippen LogP) is 1.46. The molecule has 2 aromatic rings. The second-order valence-corrected chi connectivity index (χ2v) is 3.64. The van der Waals surface area contributed by atoms with Crippen molar-refractivity contribution in [1.29, 1.82) is 0 Å². The molecule has 2 aromatic heterocycles. The zero-order valence-electron chi connectivity index (χ0n) is 8.93. The molecule has 0 atom stereocenters. The van der Waals surface area contributed by atoms with Crippen LogP contribution in [0.3, 0.4) is 0 Å². The number of aromatic nitrogens is 1. The summed E-state index contributed by atoms with van der Waals surface area (Å²) in [6.07, 6.45) is 4.80. The quantitative estimate of drug-likeness (QED) is 0.820. The Kier molecular flexibility index (Phi) is 2.68. The normalized spacial score (nSPS) is 10.3. The number of nitrogens with one attached hydrogen (secondary N) is 1. The van der Waals surface area contributed by atoms with Gasteiger partial charge in [0.25, 0.3) is 5.91 Å². The summed E-state index contributed by atoms with van der Waals surface area (Å²) in [7, 11) is 1.73. The minimum absolute atomic E-state index is 0.0992. The van der Waals surface area contributed by atoms with Gasteiger partial charge in [-0.1, -0.05) is 0 Å². The topological polar surface area (TPSA) is 75.3 Å². The minimum Gasteiger partial charge on any atom is -0.472 e. The lowest BCUT2D eigenvalue weighted by molar-refractivity contribution is 0.0780. The Bertz CT molecular complexity index is 473. The summed E-state index contributed by atoms with van der Waals surface area (Å²) in [5.74, 6) is -0.0992. The van der Waals surface area contributed by atoms with Gasteiger partial charge < -0.3 is 20.0 Å². The molecule has 0 unspecified atom stereocenters. The van der Waals surface area contributed by atoms with Crippen LogP contribution < -0.4 is 5.73 Å². The van der Waals surface area contributed by atoms with Crippen LogP contribution in [0.15, 0.2) is 35.3 Å². The van der Waals surface area contributed by atoms with E-state index in [-0.39, 0.29) is 5.91 Å². The summed E-state index contributed by atoms with van der Waals surface area (Å²) < 4.78 is 4.94. The number of H-pyrrole nitrogens is 1. The number of nitrogen functional groups attached to an aromatic ring is 1. The Morgan fingerprint density at radius 2 is 2.44 bits per heavy atom. The molecular formula is C11H13N3O2. The first-order valence-corrected chi connectivity index (χ1v) is 4.87. The van der Waals surface area contributed by atoms with E-state index in [9.17, 15) is 4.79 Å². The Hall–Kier alpha value is -2.17. The average Bonchev–Trinajstić information content (AvgIpc) is 2.88. The number of hydrogen-bond donors (Lipinski definition) is 2. The highest BCUT2D eigenvalue weighted by Crippen LogP contribution is 2.10. The molecule has 2 rings (SSSR count). The third kappa shape index (κ3) is 2.08. The van der Waals surface area contributed by atoms with Crippen molar-refractivity contribution in [3.05, 3.63) is 42.1 Å². The Morgan fingerprint density at radius 3 is 3.00 bits per heavy atom. The van der Waals surface area contributed by atoms with E-state index in [0.717, 1.165) is 5.56 Å². The van der Waals surface area contributed by atoms with Crippen LogP contribution in [0.4, 0.5) is 5.69 Å². The molecule has 5 nitrogen and oxygen atoms in total. The zero-order valence-corrected chi connectivity index (χ0v) is 8.93. The number of furan rings is 1. The molecular weight excluding hydrogens is 206 g/mol. The number of amides is 1. The molecule has 0 aromatic carbocycles. The van der Waals surface area contributed by atoms with Crippen LogP contribution in [0.2, 0.25) is 0 Å². The van der Waals surface area contributed by atoms with E-state index in [1.54, 1.807) is 36.7 Å². The summed E-state index contributed by atoms with van der Waals surface area (Å²) in [6.45, 7) is 0.508. The molecule has 16 heavy (non-hydrogen) atoms. The fraction of sp³-hybridized carbons (Fsp3) is 0.182. The van der Waals surface area contributed by atoms with E-state index in [4.69, 9.17) is 10.2 Å². The lowest BCUT2D eigenvalue weighted by Gasteiger charge is -2.14. The van der Waals surface area contributed by atoms with E-state index in [2.05, 4.69) is 4.98 Å². The second-order valence-electron chi connectivity index (χ2n) is 3.64. The fourth-order valence-corrected chi connectivity index (χ4v) is 1.47. The molecule has 0 spiro atoms. The van der Waals surface area contributed by atoms with Gasteiger partial charge in [0.2, 0.25) is 0 Å². The first kappa shape index (κ1) is 10.4. The first-order chi connectivity index (χ1) is 7.66. The highest BCUT2D eigenvalue weighted by atomic mass is 16.3. The third-order valence-electron chi connectivity index (χ3n) is 2.28. The van der Waals surface area contributed by atoms with E-state index in [1.807, 2.05) is 6.07 Å². The van der Waals surface area contributed by atoms with Crippen molar-refractivity contribution in [2.24, 2.45) is 0 Å². The molecule has 0 radical (unpaired) electrons. The van der Waals surface area contributed by atoms with Gasteiger partial charge in [-0.3, -0.25) is 4.79 Å². The van der Waals surface area contributed by atoms with Gasteiger partial charge in [-0.25, -0.2) is 0 Å². The van der Waals surface area contributed by atoms with Crippen molar-refractivity contribution in [1.82, 2.24) is 9.88 Å². The molecule has 2 heterocycles. The molecule has 5 heteroatoms. The largest absolute Gasteiger partial charge is 0.472 e. The van der Waals surface area contributed by atoms with Gasteiger partial charge in [-0.15, -0.1) is 0 Å². The summed E-state index contributed by atoms with van der Waals surface area (Å²) in [5.41, 5.74) is 7.53. The standard InChI is InChI=1S/C11H13N3O2/c1-14(6-8-2-3-16-7-8)11(15)10-4-9(12)5-13-10/h2-5,7,13H,6,12H2,1H3. The van der Waals surface area contributed by atoms with Crippen molar-refractivity contribution in [2.45, 2.75) is 6.54 Å². The second kappa shape index (κ2) is 4.14. The number of rotatable bonds is 3. The summed E-state index contributed by atoms with van der Waals surface area (Å²) in [6, 6.07) is 3.45. The van der Waals surface area contributed by atoms with Crippen LogP contribution in [0, 0.1) is 0 Å². The van der Waals surface area contributed by atoms with Crippen LogP contribution in [0.5, 0.6) is 0 Å². The van der Waals surface area contributed by atoms with E-state index in [0.29, 0.717) is 17.9 Å². The minimum atomic E-state index is -0.0992. The number of aromatic amines is 1. The molecule has 3 N–H and O–H groups in total. The SMILES string of the molecule is CN(Cc1ccoc1)C(=O)c1cc(N)c[nH]1. The Morgan fingerprint density at radius 1 is 1.62 bits per heavy atom. The molecule has 0 saturated heterocycles. The maximum atomic E-state index is 11.9. The molecule has 0 aliphatic carbocycles. The maximum absolute atomic E-state index is 11.9. The van der Waals surface area contributed by atoms with Crippen LogP contribution in [-0.2, 0) is 6.54 Å². The monoisotopic (exact) mass is 219 g/mol. The van der Waals surface area contributed by atoms with Crippen LogP contribution in [0.25, 0.3) is 0 Å². The predicted molar refractivity (Wildman–Crippen MR) is 59.7 cm³/mol.